The molecule has 0 atom stereocenters. The maximum atomic E-state index is 5.46. The standard InChI is InChI=1S/C42H53N5/c1-23-24(2)26(4)35-34(25(23)3)37-36(41(9,10)40(35,7)8)29-21-30-28(22-31(29)43-37)38-44-32-20-27(46-18-16-45(13)17-19-46)14-15-33(32)47(38)42(11,12)39(30,5)6/h14-15,20-22,43H,16-19H2,1-13H3. The van der Waals surface area contributed by atoms with Crippen molar-refractivity contribution < 1.29 is 0 Å². The molecule has 0 radical (unpaired) electrons. The SMILES string of the molecule is Cc1c(C)c(C)c2c(c1C)-c1[nH]c3cc4c(cc3c1C(C)(C)C2(C)C)C(C)(C)C(C)(C)n1c-4nc2cc(N3CCN(C)CC3)ccc21. The molecule has 3 aliphatic rings. The molecule has 1 fully saturated rings. The van der Waals surface area contributed by atoms with Crippen molar-refractivity contribution in [2.45, 2.75) is 105 Å². The Hall–Kier alpha value is -3.57. The molecule has 0 bridgehead atoms. The van der Waals surface area contributed by atoms with E-state index in [9.17, 15) is 0 Å². The summed E-state index contributed by atoms with van der Waals surface area (Å²) in [6, 6.07) is 12.0. The van der Waals surface area contributed by atoms with Gasteiger partial charge in [0.15, 0.2) is 0 Å². The van der Waals surface area contributed by atoms with E-state index in [1.54, 1.807) is 0 Å². The maximum absolute atomic E-state index is 5.46. The highest BCUT2D eigenvalue weighted by Gasteiger charge is 2.51. The number of hydrogen-bond acceptors (Lipinski definition) is 3. The Labute approximate surface area is 281 Å². The van der Waals surface area contributed by atoms with Gasteiger partial charge in [-0.25, -0.2) is 4.98 Å². The molecular formula is C42H53N5. The average Bonchev–Trinajstić information content (AvgIpc) is 3.59. The molecule has 0 saturated carbocycles. The molecule has 1 aliphatic carbocycles. The Kier molecular flexibility index (Phi) is 6.09. The summed E-state index contributed by atoms with van der Waals surface area (Å²) in [6.07, 6.45) is 0. The lowest BCUT2D eigenvalue weighted by Gasteiger charge is -2.49. The number of H-pyrrole nitrogens is 1. The topological polar surface area (TPSA) is 40.1 Å². The van der Waals surface area contributed by atoms with Crippen molar-refractivity contribution in [3.05, 3.63) is 69.3 Å². The zero-order chi connectivity index (χ0) is 33.7. The number of nitrogens with one attached hydrogen (secondary N) is 1. The van der Waals surface area contributed by atoms with Gasteiger partial charge in [-0.1, -0.05) is 41.5 Å². The number of likely N-dealkylation sites (N-methyl/N-ethyl adjacent to an activating group) is 1. The molecular weight excluding hydrogens is 574 g/mol. The summed E-state index contributed by atoms with van der Waals surface area (Å²) in [6.45, 7) is 33.2. The summed E-state index contributed by atoms with van der Waals surface area (Å²) < 4.78 is 2.54. The molecule has 246 valence electrons. The number of hydrogen-bond donors (Lipinski definition) is 1. The molecule has 2 aromatic heterocycles. The fraction of sp³-hybridized carbons (Fsp3) is 0.500. The van der Waals surface area contributed by atoms with Crippen LogP contribution in [0.1, 0.15) is 94.3 Å². The van der Waals surface area contributed by atoms with Gasteiger partial charge in [0.2, 0.25) is 0 Å². The molecule has 1 saturated heterocycles. The first-order valence-corrected chi connectivity index (χ1v) is 17.7. The third-order valence-electron chi connectivity index (χ3n) is 14.2. The van der Waals surface area contributed by atoms with Crippen molar-refractivity contribution in [1.82, 2.24) is 19.4 Å². The molecule has 2 aliphatic heterocycles. The van der Waals surface area contributed by atoms with E-state index in [4.69, 9.17) is 4.98 Å². The first kappa shape index (κ1) is 30.7. The lowest BCUT2D eigenvalue weighted by Crippen LogP contribution is -2.48. The number of aromatic amines is 1. The van der Waals surface area contributed by atoms with Crippen molar-refractivity contribution in [2.75, 3.05) is 38.1 Å². The Morgan fingerprint density at radius 1 is 0.702 bits per heavy atom. The molecule has 0 spiro atoms. The number of fused-ring (bicyclic) bond motifs is 10. The molecule has 5 heteroatoms. The van der Waals surface area contributed by atoms with Crippen molar-refractivity contribution in [3.8, 4) is 22.6 Å². The van der Waals surface area contributed by atoms with E-state index in [-0.39, 0.29) is 21.8 Å². The third kappa shape index (κ3) is 3.67. The summed E-state index contributed by atoms with van der Waals surface area (Å²) in [5.74, 6) is 1.09. The molecule has 8 rings (SSSR count). The Balaban J connectivity index is 1.40. The second kappa shape index (κ2) is 9.31. The summed E-state index contributed by atoms with van der Waals surface area (Å²) in [4.78, 5) is 14.4. The zero-order valence-electron chi connectivity index (χ0n) is 31.0. The summed E-state index contributed by atoms with van der Waals surface area (Å²) >= 11 is 0. The normalized spacial score (nSPS) is 20.7. The lowest BCUT2D eigenvalue weighted by atomic mass is 9.54. The first-order chi connectivity index (χ1) is 21.9. The molecule has 47 heavy (non-hydrogen) atoms. The molecule has 3 aromatic carbocycles. The van der Waals surface area contributed by atoms with Crippen LogP contribution in [0.5, 0.6) is 0 Å². The Morgan fingerprint density at radius 2 is 1.34 bits per heavy atom. The second-order valence-electron chi connectivity index (χ2n) is 17.2. The van der Waals surface area contributed by atoms with E-state index in [1.165, 1.54) is 77.9 Å². The van der Waals surface area contributed by atoms with Crippen LogP contribution in [0.2, 0.25) is 0 Å². The van der Waals surface area contributed by atoms with Crippen LogP contribution in [-0.2, 0) is 21.8 Å². The Morgan fingerprint density at radius 3 is 2.02 bits per heavy atom. The fourth-order valence-electron chi connectivity index (χ4n) is 9.50. The Bertz CT molecular complexity index is 2160. The highest BCUT2D eigenvalue weighted by Crippen LogP contribution is 2.59. The van der Waals surface area contributed by atoms with Crippen LogP contribution >= 0.6 is 0 Å². The van der Waals surface area contributed by atoms with Crippen LogP contribution in [0.25, 0.3) is 44.6 Å². The predicted octanol–water partition coefficient (Wildman–Crippen LogP) is 9.43. The molecule has 0 unspecified atom stereocenters. The van der Waals surface area contributed by atoms with E-state index in [0.717, 1.165) is 37.5 Å². The van der Waals surface area contributed by atoms with Gasteiger partial charge in [0, 0.05) is 64.7 Å². The van der Waals surface area contributed by atoms with Crippen LogP contribution in [0.15, 0.2) is 30.3 Å². The highest BCUT2D eigenvalue weighted by molar-refractivity contribution is 5.99. The van der Waals surface area contributed by atoms with Gasteiger partial charge >= 0.3 is 0 Å². The van der Waals surface area contributed by atoms with Gasteiger partial charge in [0.05, 0.1) is 22.3 Å². The number of imidazole rings is 1. The minimum Gasteiger partial charge on any atom is -0.369 e. The van der Waals surface area contributed by atoms with Gasteiger partial charge in [0.1, 0.15) is 5.82 Å². The molecule has 5 nitrogen and oxygen atoms in total. The van der Waals surface area contributed by atoms with Gasteiger partial charge in [-0.15, -0.1) is 0 Å². The van der Waals surface area contributed by atoms with E-state index in [2.05, 4.69) is 140 Å². The zero-order valence-corrected chi connectivity index (χ0v) is 31.0. The largest absolute Gasteiger partial charge is 0.369 e. The predicted molar refractivity (Wildman–Crippen MR) is 200 cm³/mol. The van der Waals surface area contributed by atoms with E-state index in [1.807, 2.05) is 0 Å². The molecule has 0 amide bonds. The fourth-order valence-corrected chi connectivity index (χ4v) is 9.50. The lowest BCUT2D eigenvalue weighted by molar-refractivity contribution is 0.202. The highest BCUT2D eigenvalue weighted by atomic mass is 15.2. The number of piperazine rings is 1. The summed E-state index contributed by atoms with van der Waals surface area (Å²) in [5, 5.41) is 1.36. The van der Waals surface area contributed by atoms with Crippen molar-refractivity contribution in [3.63, 3.8) is 0 Å². The number of nitrogens with zero attached hydrogens (tertiary/aromatic N) is 4. The van der Waals surface area contributed by atoms with E-state index in [0.29, 0.717) is 0 Å². The van der Waals surface area contributed by atoms with Gasteiger partial charge in [0.25, 0.3) is 0 Å². The van der Waals surface area contributed by atoms with E-state index >= 15 is 0 Å². The number of anilines is 1. The van der Waals surface area contributed by atoms with Gasteiger partial charge in [-0.05, 0) is 123 Å². The van der Waals surface area contributed by atoms with Crippen LogP contribution in [-0.4, -0.2) is 52.7 Å². The van der Waals surface area contributed by atoms with Gasteiger partial charge in [-0.2, -0.15) is 0 Å². The van der Waals surface area contributed by atoms with E-state index < -0.39 is 0 Å². The third-order valence-corrected chi connectivity index (χ3v) is 14.2. The van der Waals surface area contributed by atoms with Crippen LogP contribution in [0.3, 0.4) is 0 Å². The molecule has 1 N–H and O–H groups in total. The minimum atomic E-state index is -0.187. The average molecular weight is 628 g/mol. The van der Waals surface area contributed by atoms with Gasteiger partial charge in [-0.3, -0.25) is 0 Å². The monoisotopic (exact) mass is 627 g/mol. The number of benzene rings is 3. The van der Waals surface area contributed by atoms with Crippen LogP contribution < -0.4 is 4.90 Å². The van der Waals surface area contributed by atoms with Gasteiger partial charge < -0.3 is 19.4 Å². The van der Waals surface area contributed by atoms with Crippen molar-refractivity contribution in [2.24, 2.45) is 0 Å². The first-order valence-electron chi connectivity index (χ1n) is 17.7. The molecule has 5 aromatic rings. The number of rotatable bonds is 1. The quantitative estimate of drug-likeness (QED) is 0.201. The second-order valence-corrected chi connectivity index (χ2v) is 17.2. The van der Waals surface area contributed by atoms with Crippen molar-refractivity contribution in [1.29, 1.82) is 0 Å². The molecule has 4 heterocycles. The number of aromatic nitrogens is 3. The summed E-state index contributed by atoms with van der Waals surface area (Å²) in [7, 11) is 2.22. The minimum absolute atomic E-state index is 0.0437. The summed E-state index contributed by atoms with van der Waals surface area (Å²) in [5.41, 5.74) is 18.4. The maximum Gasteiger partial charge on any atom is 0.142 e. The van der Waals surface area contributed by atoms with Crippen molar-refractivity contribution >= 4 is 27.6 Å². The van der Waals surface area contributed by atoms with Crippen LogP contribution in [0.4, 0.5) is 5.69 Å². The smallest absolute Gasteiger partial charge is 0.142 e. The van der Waals surface area contributed by atoms with Crippen LogP contribution in [0, 0.1) is 27.7 Å².